The summed E-state index contributed by atoms with van der Waals surface area (Å²) in [5.41, 5.74) is 0.750. The maximum Gasteiger partial charge on any atom is 0.401 e. The maximum atomic E-state index is 13.1. The third kappa shape index (κ3) is 5.84. The van der Waals surface area contributed by atoms with E-state index in [9.17, 15) is 22.4 Å². The first-order valence-electron chi connectivity index (χ1n) is 8.39. The van der Waals surface area contributed by atoms with Crippen LogP contribution in [0.1, 0.15) is 19.3 Å². The zero-order chi connectivity index (χ0) is 20.7. The Morgan fingerprint density at radius 2 is 2.14 bits per heavy atom. The molecule has 0 N–H and O–H groups in total. The minimum atomic E-state index is -4.51. The van der Waals surface area contributed by atoms with Gasteiger partial charge in [0.25, 0.3) is 0 Å². The molecule has 0 saturated carbocycles. The number of hydrogen-bond donors (Lipinski definition) is 0. The van der Waals surface area contributed by atoms with Crippen LogP contribution >= 0.6 is 23.4 Å². The Balaban J connectivity index is 2.30. The molecule has 154 valence electrons. The molecule has 0 aliphatic rings. The van der Waals surface area contributed by atoms with E-state index in [0.717, 1.165) is 4.90 Å². The van der Waals surface area contributed by atoms with E-state index in [4.69, 9.17) is 11.6 Å². The molecule has 11 heteroatoms. The van der Waals surface area contributed by atoms with Crippen LogP contribution < -0.4 is 4.90 Å². The monoisotopic (exact) mass is 438 g/mol. The number of anilines is 1. The van der Waals surface area contributed by atoms with Crippen molar-refractivity contribution in [1.29, 1.82) is 0 Å². The Bertz CT molecular complexity index is 772. The minimum Gasteiger partial charge on any atom is -0.308 e. The molecule has 2 aromatic rings. The summed E-state index contributed by atoms with van der Waals surface area (Å²) in [5.74, 6) is -0.747. The first-order valence-corrected chi connectivity index (χ1v) is 10.1. The standard InChI is InChI=1S/C17H19ClF4N4OS/c1-28-14(17(20,21)22)9-15(27)25(8-3-2-6-19)13-11-26(24-16(13)18)12-5-4-7-23-10-12/h4-5,7,10-11,14H,2-3,6,8-9H2,1H3. The number of carbonyl (C=O) groups is 1. The maximum absolute atomic E-state index is 13.1. The summed E-state index contributed by atoms with van der Waals surface area (Å²) in [6.45, 7) is -0.541. The van der Waals surface area contributed by atoms with Crippen molar-refractivity contribution in [3.8, 4) is 5.69 Å². The SMILES string of the molecule is CSC(CC(=O)N(CCCCF)c1cn(-c2cccnc2)nc1Cl)C(F)(F)F. The number of aromatic nitrogens is 3. The highest BCUT2D eigenvalue weighted by molar-refractivity contribution is 7.99. The van der Waals surface area contributed by atoms with Gasteiger partial charge in [0.15, 0.2) is 5.15 Å². The van der Waals surface area contributed by atoms with E-state index >= 15 is 0 Å². The highest BCUT2D eigenvalue weighted by Crippen LogP contribution is 2.33. The highest BCUT2D eigenvalue weighted by atomic mass is 35.5. The van der Waals surface area contributed by atoms with Crippen molar-refractivity contribution in [1.82, 2.24) is 14.8 Å². The zero-order valence-corrected chi connectivity index (χ0v) is 16.6. The number of rotatable bonds is 9. The van der Waals surface area contributed by atoms with Crippen LogP contribution in [0.2, 0.25) is 5.15 Å². The molecule has 0 fully saturated rings. The van der Waals surface area contributed by atoms with E-state index in [0.29, 0.717) is 17.4 Å². The van der Waals surface area contributed by atoms with Crippen molar-refractivity contribution in [2.45, 2.75) is 30.7 Å². The Morgan fingerprint density at radius 3 is 2.71 bits per heavy atom. The molecule has 28 heavy (non-hydrogen) atoms. The van der Waals surface area contributed by atoms with Crippen LogP contribution in [0.25, 0.3) is 5.69 Å². The molecule has 0 saturated heterocycles. The highest BCUT2D eigenvalue weighted by Gasteiger charge is 2.41. The van der Waals surface area contributed by atoms with Crippen LogP contribution in [0.3, 0.4) is 0 Å². The fourth-order valence-corrected chi connectivity index (χ4v) is 3.30. The summed E-state index contributed by atoms with van der Waals surface area (Å²) in [6.07, 6.45) is 1.06. The molecule has 0 aliphatic heterocycles. The largest absolute Gasteiger partial charge is 0.401 e. The predicted octanol–water partition coefficient (Wildman–Crippen LogP) is 4.69. The lowest BCUT2D eigenvalue weighted by Crippen LogP contribution is -2.37. The van der Waals surface area contributed by atoms with Gasteiger partial charge >= 0.3 is 6.18 Å². The Labute approximate surface area is 169 Å². The molecule has 0 bridgehead atoms. The number of alkyl halides is 4. The third-order valence-corrected chi connectivity index (χ3v) is 5.20. The molecule has 1 atom stereocenters. The first kappa shape index (κ1) is 22.5. The topological polar surface area (TPSA) is 51.0 Å². The lowest BCUT2D eigenvalue weighted by atomic mass is 10.2. The summed E-state index contributed by atoms with van der Waals surface area (Å²) in [5, 5.41) is 2.23. The van der Waals surface area contributed by atoms with Crippen molar-refractivity contribution in [2.75, 3.05) is 24.4 Å². The minimum absolute atomic E-state index is 0.0369. The molecule has 0 spiro atoms. The lowest BCUT2D eigenvalue weighted by Gasteiger charge is -2.25. The van der Waals surface area contributed by atoms with Crippen LogP contribution in [-0.4, -0.2) is 51.6 Å². The number of halogens is 5. The fourth-order valence-electron chi connectivity index (χ4n) is 2.49. The average Bonchev–Trinajstić information content (AvgIpc) is 3.04. The Morgan fingerprint density at radius 1 is 1.39 bits per heavy atom. The lowest BCUT2D eigenvalue weighted by molar-refractivity contribution is -0.138. The summed E-state index contributed by atoms with van der Waals surface area (Å²) >= 11 is 6.72. The number of carbonyl (C=O) groups excluding carboxylic acids is 1. The van der Waals surface area contributed by atoms with Crippen LogP contribution in [0.4, 0.5) is 23.2 Å². The molecule has 1 unspecified atom stereocenters. The fraction of sp³-hybridized carbons (Fsp3) is 0.471. The molecule has 2 heterocycles. The second-order valence-electron chi connectivity index (χ2n) is 5.87. The third-order valence-electron chi connectivity index (χ3n) is 3.93. The molecule has 2 rings (SSSR count). The van der Waals surface area contributed by atoms with Crippen molar-refractivity contribution in [2.24, 2.45) is 0 Å². The van der Waals surface area contributed by atoms with Crippen LogP contribution in [-0.2, 0) is 4.79 Å². The van der Waals surface area contributed by atoms with Gasteiger partial charge in [-0.15, -0.1) is 0 Å². The molecule has 0 aliphatic carbocycles. The normalized spacial score (nSPS) is 12.8. The van der Waals surface area contributed by atoms with Crippen LogP contribution in [0.15, 0.2) is 30.7 Å². The smallest absolute Gasteiger partial charge is 0.308 e. The Hall–Kier alpha value is -1.81. The molecule has 1 amide bonds. The van der Waals surface area contributed by atoms with Gasteiger partial charge in [0.2, 0.25) is 5.91 Å². The van der Waals surface area contributed by atoms with Gasteiger partial charge in [-0.3, -0.25) is 14.2 Å². The van der Waals surface area contributed by atoms with Crippen LogP contribution in [0, 0.1) is 0 Å². The molecular weight excluding hydrogens is 420 g/mol. The van der Waals surface area contributed by atoms with Crippen molar-refractivity contribution in [3.63, 3.8) is 0 Å². The quantitative estimate of drug-likeness (QED) is 0.421. The number of thioether (sulfide) groups is 1. The number of pyridine rings is 1. The van der Waals surface area contributed by atoms with Gasteiger partial charge in [0.1, 0.15) is 10.9 Å². The molecular formula is C17H19ClF4N4OS. The van der Waals surface area contributed by atoms with E-state index in [1.807, 2.05) is 0 Å². The number of nitrogens with zero attached hydrogens (tertiary/aromatic N) is 4. The second kappa shape index (κ2) is 10.1. The number of amides is 1. The van der Waals surface area contributed by atoms with Gasteiger partial charge < -0.3 is 4.90 Å². The summed E-state index contributed by atoms with van der Waals surface area (Å²) in [4.78, 5) is 17.8. The van der Waals surface area contributed by atoms with E-state index in [-0.39, 0.29) is 30.2 Å². The van der Waals surface area contributed by atoms with Crippen molar-refractivity contribution >= 4 is 35.0 Å². The van der Waals surface area contributed by atoms with E-state index < -0.39 is 30.4 Å². The molecule has 2 aromatic heterocycles. The molecule has 0 radical (unpaired) electrons. The van der Waals surface area contributed by atoms with Crippen molar-refractivity contribution < 1.29 is 22.4 Å². The van der Waals surface area contributed by atoms with Crippen LogP contribution in [0.5, 0.6) is 0 Å². The van der Waals surface area contributed by atoms with E-state index in [1.54, 1.807) is 18.3 Å². The Kier molecular flexibility index (Phi) is 8.11. The molecule has 5 nitrogen and oxygen atoms in total. The average molecular weight is 439 g/mol. The van der Waals surface area contributed by atoms with Gasteiger partial charge in [-0.2, -0.15) is 30.0 Å². The molecule has 0 aromatic carbocycles. The number of hydrogen-bond acceptors (Lipinski definition) is 4. The van der Waals surface area contributed by atoms with E-state index in [2.05, 4.69) is 10.1 Å². The predicted molar refractivity (Wildman–Crippen MR) is 102 cm³/mol. The van der Waals surface area contributed by atoms with Crippen molar-refractivity contribution in [3.05, 3.63) is 35.9 Å². The van der Waals surface area contributed by atoms with Gasteiger partial charge in [-0.1, -0.05) is 11.6 Å². The summed E-state index contributed by atoms with van der Waals surface area (Å²) in [7, 11) is 0. The first-order chi connectivity index (χ1) is 13.3. The van der Waals surface area contributed by atoms with Gasteiger partial charge in [0, 0.05) is 19.2 Å². The van der Waals surface area contributed by atoms with Gasteiger partial charge in [0.05, 0.1) is 24.8 Å². The van der Waals surface area contributed by atoms with E-state index in [1.165, 1.54) is 23.3 Å². The summed E-state index contributed by atoms with van der Waals surface area (Å²) in [6, 6.07) is 3.39. The zero-order valence-electron chi connectivity index (χ0n) is 15.0. The second-order valence-corrected chi connectivity index (χ2v) is 7.27. The van der Waals surface area contributed by atoms with Gasteiger partial charge in [-0.05, 0) is 31.2 Å². The number of unbranched alkanes of at least 4 members (excludes halogenated alkanes) is 1. The summed E-state index contributed by atoms with van der Waals surface area (Å²) < 4.78 is 53.1. The van der Waals surface area contributed by atoms with Gasteiger partial charge in [-0.25, -0.2) is 4.68 Å².